The lowest BCUT2D eigenvalue weighted by atomic mass is 9.89. The van der Waals surface area contributed by atoms with Crippen molar-refractivity contribution in [2.75, 3.05) is 106 Å². The Morgan fingerprint density at radius 3 is 1.10 bits per heavy atom. The molecule has 6 aliphatic rings. The van der Waals surface area contributed by atoms with Crippen LogP contribution < -0.4 is 16.4 Å². The minimum Gasteiger partial charge on any atom is -0.396 e. The second kappa shape index (κ2) is 40.2. The maximum Gasteiger partial charge on any atom is 0.0832 e. The van der Waals surface area contributed by atoms with Crippen LogP contribution in [0.2, 0.25) is 0 Å². The second-order valence-corrected chi connectivity index (χ2v) is 31.3. The van der Waals surface area contributed by atoms with Crippen LogP contribution in [0.1, 0.15) is 198 Å². The topological polar surface area (TPSA) is 133 Å². The van der Waals surface area contributed by atoms with Crippen molar-refractivity contribution in [3.63, 3.8) is 0 Å². The molecule has 0 aromatic carbocycles. The fourth-order valence-electron chi connectivity index (χ4n) is 13.9. The Morgan fingerprint density at radius 2 is 0.695 bits per heavy atom. The zero-order chi connectivity index (χ0) is 63.0. The summed E-state index contributed by atoms with van der Waals surface area (Å²) < 4.78 is 0. The van der Waals surface area contributed by atoms with E-state index in [0.29, 0.717) is 84.7 Å². The van der Waals surface area contributed by atoms with E-state index >= 15 is 0 Å². The summed E-state index contributed by atoms with van der Waals surface area (Å²) in [4.78, 5) is 17.3. The molecule has 6 rings (SSSR count). The molecule has 0 radical (unpaired) electrons. The van der Waals surface area contributed by atoms with Crippen molar-refractivity contribution in [3.8, 4) is 0 Å². The van der Waals surface area contributed by atoms with Crippen LogP contribution in [0, 0.1) is 65.1 Å². The van der Waals surface area contributed by atoms with Crippen LogP contribution in [-0.4, -0.2) is 235 Å². The number of likely N-dealkylation sites (tertiary alicyclic amines) is 6. The summed E-state index contributed by atoms with van der Waals surface area (Å²) in [5.74, 6) is 8.04. The van der Waals surface area contributed by atoms with E-state index in [4.69, 9.17) is 5.73 Å². The number of rotatable bonds is 21. The highest BCUT2D eigenvalue weighted by atomic mass is 16.3. The number of nitrogens with zero attached hydrogens (tertiary/aromatic N) is 7. The van der Waals surface area contributed by atoms with Gasteiger partial charge in [-0.3, -0.25) is 24.5 Å². The standard InChI is InChI=1S/C13H28N2.C12H26N2.C12H25NO.C11H24N2.C11H23NO.C10H22N2O/c1-10(2)7-12-8-15(11(3)4)9-13(12)14(5)6;1-9(2)6-11-7-14(10(3)4)8-12(11)13-5;1-9(2)5-11-6-13(10(3)4)7-12(11)8-14;1-8(2)5-10-6-13(9(3)4)7-11(10)12;1-8(2)5-10-6-12(9(3)4)7-11(10)13;1-7(2)11-9-5-12(8(3)4)6-10(9)13/h10-13H,7-9H2,1-6H3;9-13H,6-8H2,1-5H3;9-12,14H,5-8H2,1-4H3;8-11H,5-7,12H2,1-4H3;8-11,13H,5-7H2,1-4H3;7-11,13H,5-6H2,1-4H3/t12-,13+;11-,12+;11-,12-;2*10-,11+;9-,10+/m111111/s1. The van der Waals surface area contributed by atoms with E-state index in [9.17, 15) is 15.3 Å². The van der Waals surface area contributed by atoms with Crippen molar-refractivity contribution in [2.24, 2.45) is 70.8 Å². The second-order valence-electron chi connectivity index (χ2n) is 31.3. The average Bonchev–Trinajstić information content (AvgIpc) is 4.22. The Morgan fingerprint density at radius 1 is 0.378 bits per heavy atom. The Hall–Kier alpha value is -0.520. The SMILES string of the molecule is CC(C)C[C@@H]1CN(C(C)C)C[C@@H]1CO.CC(C)C[C@@H]1CN(C(C)C)C[C@@H]1N.CC(C)C[C@@H]1CN(C(C)C)C[C@@H]1N(C)C.CC(C)C[C@@H]1CN(C(C)C)C[C@@H]1O.CC(C)N[C@@H]1CN(C(C)C)C[C@@H]1O.CN[C@H]1CN(C(C)C)C[C@H]1CC(C)C. The molecule has 13 nitrogen and oxygen atoms in total. The van der Waals surface area contributed by atoms with Crippen molar-refractivity contribution in [3.05, 3.63) is 0 Å². The smallest absolute Gasteiger partial charge is 0.0832 e. The minimum atomic E-state index is -0.204. The molecule has 7 N–H and O–H groups in total. The molecule has 6 saturated heterocycles. The van der Waals surface area contributed by atoms with Crippen molar-refractivity contribution >= 4 is 0 Å². The summed E-state index contributed by atoms with van der Waals surface area (Å²) in [5, 5.41) is 35.7. The first-order chi connectivity index (χ1) is 38.0. The van der Waals surface area contributed by atoms with Crippen molar-refractivity contribution in [1.82, 2.24) is 44.9 Å². The zero-order valence-corrected chi connectivity index (χ0v) is 59.6. The van der Waals surface area contributed by atoms with Crippen molar-refractivity contribution in [1.29, 1.82) is 0 Å². The van der Waals surface area contributed by atoms with E-state index < -0.39 is 0 Å². The third kappa shape index (κ3) is 30.1. The molecule has 0 aliphatic carbocycles. The highest BCUT2D eigenvalue weighted by Crippen LogP contribution is 2.31. The van der Waals surface area contributed by atoms with Crippen LogP contribution in [0.25, 0.3) is 0 Å². The molecule has 13 heteroatoms. The van der Waals surface area contributed by atoms with E-state index in [1.165, 1.54) is 65.0 Å². The minimum absolute atomic E-state index is 0.0928. The summed E-state index contributed by atoms with van der Waals surface area (Å²) in [6.45, 7) is 67.8. The molecule has 12 atom stereocenters. The Kier molecular flexibility index (Phi) is 39.0. The van der Waals surface area contributed by atoms with Gasteiger partial charge in [0, 0.05) is 152 Å². The number of aliphatic hydroxyl groups excluding tert-OH is 3. The van der Waals surface area contributed by atoms with Gasteiger partial charge in [0.15, 0.2) is 0 Å². The van der Waals surface area contributed by atoms with E-state index in [2.05, 4.69) is 232 Å². The molecule has 0 unspecified atom stereocenters. The molecule has 6 aliphatic heterocycles. The van der Waals surface area contributed by atoms with Crippen molar-refractivity contribution in [2.45, 2.75) is 277 Å². The first-order valence-corrected chi connectivity index (χ1v) is 34.3. The quantitative estimate of drug-likeness (QED) is 0.0652. The first-order valence-electron chi connectivity index (χ1n) is 34.3. The van der Waals surface area contributed by atoms with Gasteiger partial charge >= 0.3 is 0 Å². The first kappa shape index (κ1) is 79.5. The third-order valence-corrected chi connectivity index (χ3v) is 18.8. The van der Waals surface area contributed by atoms with Crippen LogP contribution in [0.4, 0.5) is 0 Å². The van der Waals surface area contributed by atoms with Gasteiger partial charge in [-0.05, 0) is 201 Å². The van der Waals surface area contributed by atoms with E-state index in [1.807, 2.05) is 0 Å². The molecule has 0 aromatic heterocycles. The molecular weight excluding hydrogens is 1020 g/mol. The zero-order valence-electron chi connectivity index (χ0n) is 59.6. The molecule has 492 valence electrons. The summed E-state index contributed by atoms with van der Waals surface area (Å²) >= 11 is 0. The lowest BCUT2D eigenvalue weighted by molar-refractivity contribution is 0.129. The maximum atomic E-state index is 9.82. The average molecular weight is 1170 g/mol. The van der Waals surface area contributed by atoms with Crippen LogP contribution in [0.15, 0.2) is 0 Å². The van der Waals surface area contributed by atoms with Crippen LogP contribution in [-0.2, 0) is 0 Å². The van der Waals surface area contributed by atoms with Gasteiger partial charge in [-0.2, -0.15) is 0 Å². The maximum absolute atomic E-state index is 9.82. The summed E-state index contributed by atoms with van der Waals surface area (Å²) in [5.41, 5.74) is 6.11. The number of nitrogens with one attached hydrogen (secondary N) is 2. The van der Waals surface area contributed by atoms with Gasteiger partial charge in [0.05, 0.1) is 12.2 Å². The number of hydrogen-bond acceptors (Lipinski definition) is 13. The number of β-amino-alcohol motifs (C(OH)–C–C–N with tert-alkyl or cyclic N) is 2. The number of aliphatic hydroxyl groups is 3. The van der Waals surface area contributed by atoms with Crippen LogP contribution >= 0.6 is 0 Å². The molecule has 0 spiro atoms. The van der Waals surface area contributed by atoms with Gasteiger partial charge in [0.2, 0.25) is 0 Å². The number of hydrogen-bond donors (Lipinski definition) is 6. The molecule has 0 bridgehead atoms. The predicted octanol–water partition coefficient (Wildman–Crippen LogP) is 10.1. The van der Waals surface area contributed by atoms with Crippen molar-refractivity contribution < 1.29 is 15.3 Å². The highest BCUT2D eigenvalue weighted by Gasteiger charge is 2.38. The number of likely N-dealkylation sites (N-methyl/N-ethyl adjacent to an activating group) is 2. The Labute approximate surface area is 512 Å². The summed E-state index contributed by atoms with van der Waals surface area (Å²) in [6.07, 6.45) is 6.12. The van der Waals surface area contributed by atoms with Gasteiger partial charge in [-0.15, -0.1) is 0 Å². The number of nitrogens with two attached hydrogens (primary N) is 1. The molecule has 0 aromatic rings. The van der Waals surface area contributed by atoms with Crippen LogP contribution in [0.5, 0.6) is 0 Å². The molecule has 82 heavy (non-hydrogen) atoms. The van der Waals surface area contributed by atoms with E-state index in [1.54, 1.807) is 0 Å². The van der Waals surface area contributed by atoms with Gasteiger partial charge in [0.25, 0.3) is 0 Å². The van der Waals surface area contributed by atoms with Crippen LogP contribution in [0.3, 0.4) is 0 Å². The largest absolute Gasteiger partial charge is 0.396 e. The third-order valence-electron chi connectivity index (χ3n) is 18.8. The monoisotopic (exact) mass is 1170 g/mol. The Bertz CT molecular complexity index is 1450. The molecule has 0 saturated carbocycles. The highest BCUT2D eigenvalue weighted by molar-refractivity contribution is 4.94. The fourth-order valence-corrected chi connectivity index (χ4v) is 13.9. The normalized spacial score (nSPS) is 29.9. The van der Waals surface area contributed by atoms with Gasteiger partial charge in [-0.25, -0.2) is 0 Å². The van der Waals surface area contributed by atoms with E-state index in [-0.39, 0.29) is 18.2 Å². The summed E-state index contributed by atoms with van der Waals surface area (Å²) in [7, 11) is 6.55. The lowest BCUT2D eigenvalue weighted by Crippen LogP contribution is -2.43. The fraction of sp³-hybridized carbons (Fsp3) is 1.00. The lowest BCUT2D eigenvalue weighted by Gasteiger charge is -2.26. The Balaban J connectivity index is 0.000000492. The molecule has 6 fully saturated rings. The van der Waals surface area contributed by atoms with Gasteiger partial charge < -0.3 is 41.5 Å². The van der Waals surface area contributed by atoms with Gasteiger partial charge in [0.1, 0.15) is 0 Å². The molecule has 6 heterocycles. The molecule has 0 amide bonds. The predicted molar refractivity (Wildman–Crippen MR) is 358 cm³/mol. The molecular formula is C69H148N10O3. The van der Waals surface area contributed by atoms with E-state index in [0.717, 1.165) is 93.2 Å². The van der Waals surface area contributed by atoms with Gasteiger partial charge in [-0.1, -0.05) is 83.1 Å². The summed E-state index contributed by atoms with van der Waals surface area (Å²) in [6, 6.07) is 6.37.